The van der Waals surface area contributed by atoms with Gasteiger partial charge in [0.2, 0.25) is 0 Å². The minimum atomic E-state index is -1.99. The summed E-state index contributed by atoms with van der Waals surface area (Å²) >= 11 is 0. The van der Waals surface area contributed by atoms with Gasteiger partial charge in [0.1, 0.15) is 8.07 Å². The van der Waals surface area contributed by atoms with Crippen molar-refractivity contribution in [3.63, 3.8) is 0 Å². The molecule has 0 saturated carbocycles. The number of hydrogen-bond donors (Lipinski definition) is 0. The molecule has 1 aliphatic heterocycles. The highest BCUT2D eigenvalue weighted by atomic mass is 28.3. The third-order valence-corrected chi connectivity index (χ3v) is 15.5. The molecule has 0 aliphatic carbocycles. The van der Waals surface area contributed by atoms with Crippen LogP contribution in [0.15, 0.2) is 158 Å². The average molecular weight is 665 g/mol. The molecule has 0 bridgehead atoms. The first-order valence-electron chi connectivity index (χ1n) is 17.9. The summed E-state index contributed by atoms with van der Waals surface area (Å²) in [5.41, 5.74) is 12.9. The van der Waals surface area contributed by atoms with Crippen LogP contribution in [0.4, 0.5) is 0 Å². The maximum atomic E-state index is 2.53. The van der Waals surface area contributed by atoms with Crippen LogP contribution in [0.5, 0.6) is 0 Å². The fourth-order valence-electron chi connectivity index (χ4n) is 9.64. The normalized spacial score (nSPS) is 13.8. The lowest BCUT2D eigenvalue weighted by Gasteiger charge is -2.20. The highest BCUT2D eigenvalue weighted by molar-refractivity contribution is 7.03. The quantitative estimate of drug-likeness (QED) is 0.131. The van der Waals surface area contributed by atoms with E-state index in [0.717, 1.165) is 0 Å². The molecule has 11 aromatic rings. The summed E-state index contributed by atoms with van der Waals surface area (Å²) in [6.45, 7) is 5.06. The summed E-state index contributed by atoms with van der Waals surface area (Å²) in [5, 5.41) is 13.7. The van der Waals surface area contributed by atoms with Gasteiger partial charge in [-0.15, -0.1) is 0 Å². The first-order chi connectivity index (χ1) is 25.0. The Bertz CT molecular complexity index is 3080. The third kappa shape index (κ3) is 3.51. The van der Waals surface area contributed by atoms with Crippen molar-refractivity contribution in [1.29, 1.82) is 0 Å². The van der Waals surface area contributed by atoms with Crippen LogP contribution in [0, 0.1) is 0 Å². The topological polar surface area (TPSA) is 9.86 Å². The predicted molar refractivity (Wildman–Crippen MR) is 220 cm³/mol. The minimum absolute atomic E-state index is 1.20. The van der Waals surface area contributed by atoms with Crippen LogP contribution < -0.4 is 10.4 Å². The second-order valence-corrected chi connectivity index (χ2v) is 19.3. The van der Waals surface area contributed by atoms with E-state index in [4.69, 9.17) is 0 Å². The van der Waals surface area contributed by atoms with Crippen LogP contribution in [0.1, 0.15) is 0 Å². The van der Waals surface area contributed by atoms with E-state index in [2.05, 4.69) is 180 Å². The van der Waals surface area contributed by atoms with Crippen molar-refractivity contribution in [2.24, 2.45) is 0 Å². The van der Waals surface area contributed by atoms with Crippen molar-refractivity contribution in [1.82, 2.24) is 9.13 Å². The molecular weight excluding hydrogens is 633 g/mol. The Morgan fingerprint density at radius 1 is 0.353 bits per heavy atom. The lowest BCUT2D eigenvalue weighted by molar-refractivity contribution is 1.18. The van der Waals surface area contributed by atoms with Gasteiger partial charge in [-0.05, 0) is 103 Å². The van der Waals surface area contributed by atoms with E-state index >= 15 is 0 Å². The van der Waals surface area contributed by atoms with Gasteiger partial charge in [-0.3, -0.25) is 0 Å². The Morgan fingerprint density at radius 3 is 1.24 bits per heavy atom. The highest BCUT2D eigenvalue weighted by Crippen LogP contribution is 2.41. The molecule has 2 nitrogen and oxygen atoms in total. The van der Waals surface area contributed by atoms with E-state index in [1.165, 1.54) is 109 Å². The largest absolute Gasteiger partial charge is 0.309 e. The van der Waals surface area contributed by atoms with Gasteiger partial charge in [-0.2, -0.15) is 0 Å². The first kappa shape index (κ1) is 27.6. The smallest absolute Gasteiger partial charge is 0.113 e. The molecule has 0 amide bonds. The van der Waals surface area contributed by atoms with E-state index in [1.54, 1.807) is 0 Å². The molecule has 3 heterocycles. The average Bonchev–Trinajstić information content (AvgIpc) is 3.78. The van der Waals surface area contributed by atoms with Crippen molar-refractivity contribution >= 4 is 83.6 Å². The van der Waals surface area contributed by atoms with Gasteiger partial charge in [-0.1, -0.05) is 122 Å². The molecular formula is C48H32N2Si. The zero-order valence-electron chi connectivity index (χ0n) is 28.4. The Balaban J connectivity index is 0.955. The van der Waals surface area contributed by atoms with Crippen LogP contribution in [0.2, 0.25) is 13.1 Å². The molecule has 12 rings (SSSR count). The highest BCUT2D eigenvalue weighted by Gasteiger charge is 2.38. The van der Waals surface area contributed by atoms with Crippen molar-refractivity contribution < 1.29 is 0 Å². The summed E-state index contributed by atoms with van der Waals surface area (Å²) in [7, 11) is -1.99. The lowest BCUT2D eigenvalue weighted by atomic mass is 10.00. The van der Waals surface area contributed by atoms with Crippen LogP contribution in [0.3, 0.4) is 0 Å². The molecule has 0 fully saturated rings. The zero-order valence-corrected chi connectivity index (χ0v) is 29.4. The maximum absolute atomic E-state index is 2.53. The third-order valence-electron chi connectivity index (χ3n) is 12.0. The van der Waals surface area contributed by atoms with E-state index in [1.807, 2.05) is 0 Å². The van der Waals surface area contributed by atoms with Crippen LogP contribution in [-0.4, -0.2) is 17.2 Å². The number of benzene rings is 9. The molecule has 1 aliphatic rings. The van der Waals surface area contributed by atoms with Crippen LogP contribution in [-0.2, 0) is 0 Å². The van der Waals surface area contributed by atoms with Gasteiger partial charge >= 0.3 is 0 Å². The molecule has 3 heteroatoms. The SMILES string of the molecule is C[Si]1(C)c2cc(-c3ccc(-n4c5cccc6ccc7cccc4c7c65)cc3)ccc2-c2ccc(-n3c4cccc5ccc6cccc3c6c54)cc21. The van der Waals surface area contributed by atoms with Crippen molar-refractivity contribution in [2.75, 3.05) is 0 Å². The molecule has 2 aromatic heterocycles. The molecule has 0 unspecified atom stereocenters. The molecule has 0 N–H and O–H groups in total. The monoisotopic (exact) mass is 664 g/mol. The summed E-state index contributed by atoms with van der Waals surface area (Å²) in [6.07, 6.45) is 0. The maximum Gasteiger partial charge on any atom is 0.113 e. The van der Waals surface area contributed by atoms with Gasteiger partial charge in [-0.25, -0.2) is 0 Å². The molecule has 9 aromatic carbocycles. The van der Waals surface area contributed by atoms with Crippen molar-refractivity contribution in [2.45, 2.75) is 13.1 Å². The Labute approximate surface area is 296 Å². The number of rotatable bonds is 3. The van der Waals surface area contributed by atoms with Crippen molar-refractivity contribution in [3.8, 4) is 33.6 Å². The molecule has 0 spiro atoms. The Kier molecular flexibility index (Phi) is 5.17. The summed E-state index contributed by atoms with van der Waals surface area (Å²) < 4.78 is 4.92. The standard InChI is InChI=1S/C48H32N2Si/c1-51(2)43-27-34(29-19-22-35(23-20-29)49-39-11-3-7-30-15-16-31-8-4-12-40(49)46(31)45(30)39)21-25-37(43)38-26-24-36(28-44(38)51)50-41-13-5-9-32-17-18-33-10-6-14-42(50)48(33)47(32)41/h3-28H,1-2H3. The van der Waals surface area contributed by atoms with Gasteiger partial charge in [0.25, 0.3) is 0 Å². The summed E-state index contributed by atoms with van der Waals surface area (Å²) in [5.74, 6) is 0. The lowest BCUT2D eigenvalue weighted by Crippen LogP contribution is -2.49. The van der Waals surface area contributed by atoms with E-state index in [0.29, 0.717) is 0 Å². The van der Waals surface area contributed by atoms with Gasteiger partial charge in [0.15, 0.2) is 0 Å². The van der Waals surface area contributed by atoms with Crippen LogP contribution in [0.25, 0.3) is 98.8 Å². The zero-order chi connectivity index (χ0) is 33.6. The predicted octanol–water partition coefficient (Wildman–Crippen LogP) is 11.5. The number of aromatic nitrogens is 2. The van der Waals surface area contributed by atoms with Gasteiger partial charge in [0.05, 0.1) is 22.1 Å². The fraction of sp³-hybridized carbons (Fsp3) is 0.0417. The second kappa shape index (κ2) is 9.54. The fourth-order valence-corrected chi connectivity index (χ4v) is 12.7. The molecule has 0 radical (unpaired) electrons. The second-order valence-electron chi connectivity index (χ2n) is 15.0. The number of nitrogens with zero attached hydrogens (tertiary/aromatic N) is 2. The number of hydrogen-bond acceptors (Lipinski definition) is 0. The van der Waals surface area contributed by atoms with E-state index < -0.39 is 8.07 Å². The summed E-state index contributed by atoms with van der Waals surface area (Å²) in [4.78, 5) is 0. The number of fused-ring (bicyclic) bond motifs is 3. The van der Waals surface area contributed by atoms with E-state index in [9.17, 15) is 0 Å². The van der Waals surface area contributed by atoms with Crippen LogP contribution >= 0.6 is 0 Å². The molecule has 0 saturated heterocycles. The molecule has 238 valence electrons. The van der Waals surface area contributed by atoms with Gasteiger partial charge < -0.3 is 9.13 Å². The summed E-state index contributed by atoms with van der Waals surface area (Å²) in [6, 6.07) is 59.5. The molecule has 0 atom stereocenters. The first-order valence-corrected chi connectivity index (χ1v) is 20.9. The Morgan fingerprint density at radius 2 is 0.745 bits per heavy atom. The Hall–Kier alpha value is -6.16. The minimum Gasteiger partial charge on any atom is -0.309 e. The molecule has 51 heavy (non-hydrogen) atoms. The van der Waals surface area contributed by atoms with Crippen molar-refractivity contribution in [3.05, 3.63) is 158 Å². The van der Waals surface area contributed by atoms with E-state index in [-0.39, 0.29) is 0 Å². The van der Waals surface area contributed by atoms with Gasteiger partial charge in [0, 0.05) is 32.9 Å².